The Bertz CT molecular complexity index is 746. The third-order valence-corrected chi connectivity index (χ3v) is 2.92. The van der Waals surface area contributed by atoms with Gasteiger partial charge in [-0.3, -0.25) is 4.79 Å². The van der Waals surface area contributed by atoms with E-state index in [2.05, 4.69) is 5.32 Å². The average molecular weight is 309 g/mol. The van der Waals surface area contributed by atoms with Gasteiger partial charge in [0.25, 0.3) is 0 Å². The van der Waals surface area contributed by atoms with Gasteiger partial charge in [-0.15, -0.1) is 0 Å². The molecular formula is C18H15NO4. The van der Waals surface area contributed by atoms with Crippen LogP contribution in [0.5, 0.6) is 5.75 Å². The second kappa shape index (κ2) is 7.61. The Morgan fingerprint density at radius 1 is 0.913 bits per heavy atom. The summed E-state index contributed by atoms with van der Waals surface area (Å²) in [6.45, 7) is 0. The average Bonchev–Trinajstić information content (AvgIpc) is 2.54. The maximum Gasteiger partial charge on any atom is 0.352 e. The Balaban J connectivity index is 2.08. The van der Waals surface area contributed by atoms with Crippen molar-refractivity contribution in [1.29, 1.82) is 0 Å². The number of carbonyl (C=O) groups is 2. The van der Waals surface area contributed by atoms with Crippen molar-refractivity contribution in [2.45, 2.75) is 0 Å². The van der Waals surface area contributed by atoms with E-state index in [0.29, 0.717) is 11.1 Å². The van der Waals surface area contributed by atoms with Gasteiger partial charge in [-0.25, -0.2) is 4.79 Å². The van der Waals surface area contributed by atoms with E-state index in [1.807, 2.05) is 6.07 Å². The molecule has 0 aliphatic carbocycles. The molecule has 0 aliphatic rings. The first-order chi connectivity index (χ1) is 11.0. The van der Waals surface area contributed by atoms with Crippen molar-refractivity contribution in [3.8, 4) is 5.75 Å². The normalized spacial score (nSPS) is 11.4. The minimum Gasteiger partial charge on any atom is -0.508 e. The molecule has 0 unspecified atom stereocenters. The van der Waals surface area contributed by atoms with Crippen LogP contribution in [0.4, 0.5) is 0 Å². The molecule has 0 saturated heterocycles. The SMILES string of the molecule is O=C(/C=C/c1ccc(O)cc1)N/C(=C\c1ccccc1)C(=O)O. The smallest absolute Gasteiger partial charge is 0.352 e. The highest BCUT2D eigenvalue weighted by Gasteiger charge is 2.09. The summed E-state index contributed by atoms with van der Waals surface area (Å²) in [6.07, 6.45) is 4.14. The lowest BCUT2D eigenvalue weighted by molar-refractivity contribution is -0.134. The molecule has 0 atom stereocenters. The van der Waals surface area contributed by atoms with E-state index in [9.17, 15) is 14.7 Å². The standard InChI is InChI=1S/C18H15NO4/c20-15-9-6-13(7-10-15)8-11-17(21)19-16(18(22)23)12-14-4-2-1-3-5-14/h1-12,20H,(H,19,21)(H,22,23)/b11-8+,16-12-. The number of phenols is 1. The van der Waals surface area contributed by atoms with Crippen LogP contribution in [-0.2, 0) is 9.59 Å². The quantitative estimate of drug-likeness (QED) is 0.741. The van der Waals surface area contributed by atoms with Gasteiger partial charge in [-0.05, 0) is 35.4 Å². The van der Waals surface area contributed by atoms with E-state index in [-0.39, 0.29) is 11.4 Å². The number of carboxylic acid groups (broad SMARTS) is 1. The fraction of sp³-hybridized carbons (Fsp3) is 0. The van der Waals surface area contributed by atoms with E-state index in [4.69, 9.17) is 5.11 Å². The molecular weight excluding hydrogens is 294 g/mol. The molecule has 0 heterocycles. The van der Waals surface area contributed by atoms with Crippen molar-refractivity contribution in [3.05, 3.63) is 77.5 Å². The molecule has 2 rings (SSSR count). The maximum absolute atomic E-state index is 11.8. The molecule has 0 spiro atoms. The third-order valence-electron chi connectivity index (χ3n) is 2.92. The molecule has 0 saturated carbocycles. The third kappa shape index (κ3) is 5.17. The van der Waals surface area contributed by atoms with Gasteiger partial charge in [-0.1, -0.05) is 42.5 Å². The number of rotatable bonds is 5. The van der Waals surface area contributed by atoms with Crippen molar-refractivity contribution in [2.24, 2.45) is 0 Å². The molecule has 5 nitrogen and oxygen atoms in total. The first-order valence-electron chi connectivity index (χ1n) is 6.83. The van der Waals surface area contributed by atoms with Gasteiger partial charge in [-0.2, -0.15) is 0 Å². The van der Waals surface area contributed by atoms with Gasteiger partial charge >= 0.3 is 5.97 Å². The molecule has 0 radical (unpaired) electrons. The first kappa shape index (κ1) is 16.0. The van der Waals surface area contributed by atoms with E-state index in [1.54, 1.807) is 36.4 Å². The van der Waals surface area contributed by atoms with Gasteiger partial charge in [0.2, 0.25) is 5.91 Å². The number of nitrogens with one attached hydrogen (secondary N) is 1. The number of benzene rings is 2. The fourth-order valence-electron chi connectivity index (χ4n) is 1.80. The summed E-state index contributed by atoms with van der Waals surface area (Å²) >= 11 is 0. The molecule has 1 amide bonds. The van der Waals surface area contributed by atoms with Crippen molar-refractivity contribution in [2.75, 3.05) is 0 Å². The summed E-state index contributed by atoms with van der Waals surface area (Å²) in [4.78, 5) is 23.1. The molecule has 3 N–H and O–H groups in total. The summed E-state index contributed by atoms with van der Waals surface area (Å²) < 4.78 is 0. The zero-order chi connectivity index (χ0) is 16.7. The van der Waals surface area contributed by atoms with Crippen LogP contribution in [-0.4, -0.2) is 22.1 Å². The lowest BCUT2D eigenvalue weighted by Crippen LogP contribution is -2.25. The summed E-state index contributed by atoms with van der Waals surface area (Å²) in [5.41, 5.74) is 1.17. The number of aromatic hydroxyl groups is 1. The van der Waals surface area contributed by atoms with Crippen molar-refractivity contribution >= 4 is 24.0 Å². The Hall–Kier alpha value is -3.34. The maximum atomic E-state index is 11.8. The van der Waals surface area contributed by atoms with Crippen LogP contribution < -0.4 is 5.32 Å². The van der Waals surface area contributed by atoms with Gasteiger partial charge in [0, 0.05) is 6.08 Å². The molecule has 0 bridgehead atoms. The number of hydrogen-bond donors (Lipinski definition) is 3. The van der Waals surface area contributed by atoms with Gasteiger partial charge in [0.05, 0.1) is 0 Å². The highest BCUT2D eigenvalue weighted by atomic mass is 16.4. The summed E-state index contributed by atoms with van der Waals surface area (Å²) in [5, 5.41) is 20.7. The molecule has 0 aliphatic heterocycles. The van der Waals surface area contributed by atoms with Crippen molar-refractivity contribution in [1.82, 2.24) is 5.32 Å². The van der Waals surface area contributed by atoms with Crippen LogP contribution >= 0.6 is 0 Å². The van der Waals surface area contributed by atoms with E-state index >= 15 is 0 Å². The topological polar surface area (TPSA) is 86.6 Å². The monoisotopic (exact) mass is 309 g/mol. The lowest BCUT2D eigenvalue weighted by atomic mass is 10.2. The summed E-state index contributed by atoms with van der Waals surface area (Å²) in [5.74, 6) is -1.64. The molecule has 23 heavy (non-hydrogen) atoms. The van der Waals surface area contributed by atoms with Crippen LogP contribution in [0.25, 0.3) is 12.2 Å². The van der Waals surface area contributed by atoms with Crippen LogP contribution in [0.1, 0.15) is 11.1 Å². The minimum absolute atomic E-state index is 0.130. The summed E-state index contributed by atoms with van der Waals surface area (Å²) in [6, 6.07) is 15.1. The molecule has 5 heteroatoms. The minimum atomic E-state index is -1.22. The van der Waals surface area contributed by atoms with Crippen LogP contribution in [0.3, 0.4) is 0 Å². The molecule has 2 aromatic carbocycles. The van der Waals surface area contributed by atoms with E-state index < -0.39 is 11.9 Å². The number of carbonyl (C=O) groups excluding carboxylic acids is 1. The Morgan fingerprint density at radius 2 is 1.57 bits per heavy atom. The number of amides is 1. The summed E-state index contributed by atoms with van der Waals surface area (Å²) in [7, 11) is 0. The van der Waals surface area contributed by atoms with Gasteiger partial charge in [0.15, 0.2) is 0 Å². The predicted octanol–water partition coefficient (Wildman–Crippen LogP) is 2.65. The zero-order valence-corrected chi connectivity index (χ0v) is 12.1. The number of aliphatic carboxylic acids is 1. The van der Waals surface area contributed by atoms with Crippen molar-refractivity contribution < 1.29 is 19.8 Å². The molecule has 2 aromatic rings. The molecule has 0 aromatic heterocycles. The highest BCUT2D eigenvalue weighted by molar-refractivity contribution is 6.01. The number of hydrogen-bond acceptors (Lipinski definition) is 3. The molecule has 0 fully saturated rings. The molecule has 116 valence electrons. The van der Waals surface area contributed by atoms with Gasteiger partial charge in [0.1, 0.15) is 11.4 Å². The number of carboxylic acids is 1. The van der Waals surface area contributed by atoms with Crippen LogP contribution in [0, 0.1) is 0 Å². The Kier molecular flexibility index (Phi) is 5.30. The highest BCUT2D eigenvalue weighted by Crippen LogP contribution is 2.11. The van der Waals surface area contributed by atoms with Crippen molar-refractivity contribution in [3.63, 3.8) is 0 Å². The van der Waals surface area contributed by atoms with E-state index in [0.717, 1.165) is 0 Å². The Labute approximate surface area is 133 Å². The van der Waals surface area contributed by atoms with Gasteiger partial charge < -0.3 is 15.5 Å². The zero-order valence-electron chi connectivity index (χ0n) is 12.1. The second-order valence-corrected chi connectivity index (χ2v) is 4.69. The number of phenolic OH excluding ortho intramolecular Hbond substituents is 1. The predicted molar refractivity (Wildman–Crippen MR) is 87.3 cm³/mol. The van der Waals surface area contributed by atoms with Crippen LogP contribution in [0.2, 0.25) is 0 Å². The van der Waals surface area contributed by atoms with E-state index in [1.165, 1.54) is 30.4 Å². The largest absolute Gasteiger partial charge is 0.508 e. The first-order valence-corrected chi connectivity index (χ1v) is 6.83. The Morgan fingerprint density at radius 3 is 2.17 bits per heavy atom. The lowest BCUT2D eigenvalue weighted by Gasteiger charge is -2.03. The fourth-order valence-corrected chi connectivity index (χ4v) is 1.80. The van der Waals surface area contributed by atoms with Crippen LogP contribution in [0.15, 0.2) is 66.4 Å². The second-order valence-electron chi connectivity index (χ2n) is 4.69.